The van der Waals surface area contributed by atoms with Gasteiger partial charge in [-0.2, -0.15) is 0 Å². The van der Waals surface area contributed by atoms with Crippen LogP contribution < -0.4 is 0 Å². The van der Waals surface area contributed by atoms with Gasteiger partial charge in [0, 0.05) is 6.42 Å². The summed E-state index contributed by atoms with van der Waals surface area (Å²) in [6.45, 7) is 5.94. The monoisotopic (exact) mass is 244 g/mol. The SMILES string of the molecule is CCC(=O)OC(CCCC(CC)CC)C(=O)O. The second kappa shape index (κ2) is 9.02. The first kappa shape index (κ1) is 15.9. The molecule has 0 saturated carbocycles. The van der Waals surface area contributed by atoms with E-state index in [1.54, 1.807) is 6.92 Å². The molecule has 0 radical (unpaired) electrons. The molecule has 0 aromatic carbocycles. The van der Waals surface area contributed by atoms with Crippen molar-refractivity contribution in [3.63, 3.8) is 0 Å². The van der Waals surface area contributed by atoms with Gasteiger partial charge in [0.15, 0.2) is 6.10 Å². The van der Waals surface area contributed by atoms with E-state index in [4.69, 9.17) is 9.84 Å². The number of ether oxygens (including phenoxy) is 1. The smallest absolute Gasteiger partial charge is 0.345 e. The van der Waals surface area contributed by atoms with E-state index in [1.807, 2.05) is 0 Å². The fourth-order valence-corrected chi connectivity index (χ4v) is 1.76. The van der Waals surface area contributed by atoms with Crippen LogP contribution in [0.5, 0.6) is 0 Å². The van der Waals surface area contributed by atoms with Gasteiger partial charge < -0.3 is 9.84 Å². The Morgan fingerprint density at radius 2 is 1.71 bits per heavy atom. The quantitative estimate of drug-likeness (QED) is 0.633. The average molecular weight is 244 g/mol. The molecule has 100 valence electrons. The first-order valence-electron chi connectivity index (χ1n) is 6.47. The number of esters is 1. The zero-order valence-electron chi connectivity index (χ0n) is 11.1. The van der Waals surface area contributed by atoms with Crippen molar-refractivity contribution in [1.82, 2.24) is 0 Å². The Kier molecular flexibility index (Phi) is 8.46. The topological polar surface area (TPSA) is 63.6 Å². The van der Waals surface area contributed by atoms with E-state index in [2.05, 4.69) is 13.8 Å². The molecule has 0 aliphatic heterocycles. The summed E-state index contributed by atoms with van der Waals surface area (Å²) in [7, 11) is 0. The van der Waals surface area contributed by atoms with Crippen LogP contribution in [-0.2, 0) is 14.3 Å². The van der Waals surface area contributed by atoms with Gasteiger partial charge in [-0.25, -0.2) is 4.79 Å². The van der Waals surface area contributed by atoms with Crippen molar-refractivity contribution in [1.29, 1.82) is 0 Å². The lowest BCUT2D eigenvalue weighted by atomic mass is 9.96. The molecule has 0 spiro atoms. The highest BCUT2D eigenvalue weighted by molar-refractivity contribution is 5.77. The second-order valence-electron chi connectivity index (χ2n) is 4.28. The highest BCUT2D eigenvalue weighted by Crippen LogP contribution is 2.17. The maximum atomic E-state index is 11.1. The molecule has 1 N–H and O–H groups in total. The largest absolute Gasteiger partial charge is 0.479 e. The molecule has 0 aliphatic rings. The van der Waals surface area contributed by atoms with Gasteiger partial charge in [0.1, 0.15) is 0 Å². The van der Waals surface area contributed by atoms with Gasteiger partial charge >= 0.3 is 11.9 Å². The summed E-state index contributed by atoms with van der Waals surface area (Å²) in [5.74, 6) is -0.845. The summed E-state index contributed by atoms with van der Waals surface area (Å²) in [6.07, 6.45) is 3.68. The van der Waals surface area contributed by atoms with Crippen molar-refractivity contribution < 1.29 is 19.4 Å². The van der Waals surface area contributed by atoms with E-state index < -0.39 is 18.0 Å². The molecular weight excluding hydrogens is 220 g/mol. The van der Waals surface area contributed by atoms with E-state index in [0.29, 0.717) is 12.3 Å². The molecule has 0 amide bonds. The molecule has 0 aliphatic carbocycles. The number of rotatable bonds is 9. The molecule has 0 rings (SSSR count). The van der Waals surface area contributed by atoms with E-state index in [0.717, 1.165) is 25.7 Å². The summed E-state index contributed by atoms with van der Waals surface area (Å²) in [4.78, 5) is 21.9. The van der Waals surface area contributed by atoms with Gasteiger partial charge in [-0.1, -0.05) is 40.0 Å². The molecule has 17 heavy (non-hydrogen) atoms. The first-order valence-corrected chi connectivity index (χ1v) is 6.47. The molecular formula is C13H24O4. The van der Waals surface area contributed by atoms with Crippen molar-refractivity contribution in [2.45, 2.75) is 65.4 Å². The molecule has 0 aromatic rings. The van der Waals surface area contributed by atoms with Crippen LogP contribution in [0.25, 0.3) is 0 Å². The van der Waals surface area contributed by atoms with Crippen LogP contribution in [0.15, 0.2) is 0 Å². The third-order valence-corrected chi connectivity index (χ3v) is 3.07. The van der Waals surface area contributed by atoms with Crippen LogP contribution >= 0.6 is 0 Å². The third kappa shape index (κ3) is 6.97. The fraction of sp³-hybridized carbons (Fsp3) is 0.846. The van der Waals surface area contributed by atoms with Crippen LogP contribution in [-0.4, -0.2) is 23.1 Å². The lowest BCUT2D eigenvalue weighted by molar-refractivity contribution is -0.164. The van der Waals surface area contributed by atoms with Gasteiger partial charge in [-0.15, -0.1) is 0 Å². The number of hydrogen-bond donors (Lipinski definition) is 1. The van der Waals surface area contributed by atoms with Crippen molar-refractivity contribution in [3.05, 3.63) is 0 Å². The average Bonchev–Trinajstić information content (AvgIpc) is 2.32. The van der Waals surface area contributed by atoms with Crippen LogP contribution in [0.1, 0.15) is 59.3 Å². The predicted molar refractivity (Wildman–Crippen MR) is 65.7 cm³/mol. The number of carboxylic acid groups (broad SMARTS) is 1. The van der Waals surface area contributed by atoms with Crippen molar-refractivity contribution >= 4 is 11.9 Å². The second-order valence-corrected chi connectivity index (χ2v) is 4.28. The molecule has 0 saturated heterocycles. The number of carboxylic acids is 1. The summed E-state index contributed by atoms with van der Waals surface area (Å²) >= 11 is 0. The maximum absolute atomic E-state index is 11.1. The normalized spacial score (nSPS) is 12.5. The molecule has 4 heteroatoms. The minimum absolute atomic E-state index is 0.219. The first-order chi connectivity index (χ1) is 8.04. The molecule has 0 fully saturated rings. The Hall–Kier alpha value is -1.06. The minimum Gasteiger partial charge on any atom is -0.479 e. The fourth-order valence-electron chi connectivity index (χ4n) is 1.76. The van der Waals surface area contributed by atoms with E-state index >= 15 is 0 Å². The van der Waals surface area contributed by atoms with Gasteiger partial charge in [-0.05, 0) is 18.8 Å². The van der Waals surface area contributed by atoms with Gasteiger partial charge in [0.25, 0.3) is 0 Å². The summed E-state index contributed by atoms with van der Waals surface area (Å²) in [5, 5.41) is 8.92. The van der Waals surface area contributed by atoms with E-state index in [9.17, 15) is 9.59 Å². The van der Waals surface area contributed by atoms with Crippen LogP contribution in [0.3, 0.4) is 0 Å². The highest BCUT2D eigenvalue weighted by atomic mass is 16.6. The van der Waals surface area contributed by atoms with Gasteiger partial charge in [0.05, 0.1) is 0 Å². The van der Waals surface area contributed by atoms with E-state index in [1.165, 1.54) is 0 Å². The standard InChI is InChI=1S/C13H24O4/c1-4-10(5-2)8-7-9-11(13(15)16)17-12(14)6-3/h10-11H,4-9H2,1-3H3,(H,15,16). The molecule has 1 atom stereocenters. The van der Waals surface area contributed by atoms with Crippen molar-refractivity contribution in [3.8, 4) is 0 Å². The Balaban J connectivity index is 4.01. The summed E-state index contributed by atoms with van der Waals surface area (Å²) in [5.41, 5.74) is 0. The van der Waals surface area contributed by atoms with Crippen molar-refractivity contribution in [2.75, 3.05) is 0 Å². The van der Waals surface area contributed by atoms with Crippen LogP contribution in [0.2, 0.25) is 0 Å². The zero-order valence-corrected chi connectivity index (χ0v) is 11.1. The number of carbonyl (C=O) groups excluding carboxylic acids is 1. The Morgan fingerprint density at radius 1 is 1.12 bits per heavy atom. The zero-order chi connectivity index (χ0) is 13.3. The maximum Gasteiger partial charge on any atom is 0.345 e. The van der Waals surface area contributed by atoms with Gasteiger partial charge in [0.2, 0.25) is 0 Å². The Bertz CT molecular complexity index is 234. The van der Waals surface area contributed by atoms with Crippen LogP contribution in [0, 0.1) is 5.92 Å². The lowest BCUT2D eigenvalue weighted by Crippen LogP contribution is -2.26. The third-order valence-electron chi connectivity index (χ3n) is 3.07. The van der Waals surface area contributed by atoms with Crippen LogP contribution in [0.4, 0.5) is 0 Å². The van der Waals surface area contributed by atoms with Gasteiger partial charge in [-0.3, -0.25) is 4.79 Å². The molecule has 0 bridgehead atoms. The Labute approximate surface area is 103 Å². The molecule has 4 nitrogen and oxygen atoms in total. The minimum atomic E-state index is -1.05. The number of aliphatic carboxylic acids is 1. The lowest BCUT2D eigenvalue weighted by Gasteiger charge is -2.15. The molecule has 1 unspecified atom stereocenters. The molecule has 0 aromatic heterocycles. The number of carbonyl (C=O) groups is 2. The Morgan fingerprint density at radius 3 is 2.12 bits per heavy atom. The summed E-state index contributed by atoms with van der Waals surface area (Å²) < 4.78 is 4.87. The van der Waals surface area contributed by atoms with E-state index in [-0.39, 0.29) is 6.42 Å². The van der Waals surface area contributed by atoms with Crippen molar-refractivity contribution in [2.24, 2.45) is 5.92 Å². The molecule has 0 heterocycles. The predicted octanol–water partition coefficient (Wildman–Crippen LogP) is 3.00. The summed E-state index contributed by atoms with van der Waals surface area (Å²) in [6, 6.07) is 0. The number of hydrogen-bond acceptors (Lipinski definition) is 3. The highest BCUT2D eigenvalue weighted by Gasteiger charge is 2.21.